The van der Waals surface area contributed by atoms with Gasteiger partial charge in [0.15, 0.2) is 0 Å². The van der Waals surface area contributed by atoms with E-state index in [1.54, 1.807) is 43.3 Å². The Kier molecular flexibility index (Phi) is 4.89. The first-order chi connectivity index (χ1) is 12.9. The van der Waals surface area contributed by atoms with Crippen molar-refractivity contribution in [3.05, 3.63) is 75.6 Å². The monoisotopic (exact) mass is 364 g/mol. The molecule has 0 bridgehead atoms. The van der Waals surface area contributed by atoms with E-state index in [4.69, 9.17) is 0 Å². The number of fused-ring (bicyclic) bond motifs is 1. The van der Waals surface area contributed by atoms with Crippen LogP contribution in [0, 0.1) is 24.0 Å². The Hall–Kier alpha value is -3.68. The van der Waals surface area contributed by atoms with Crippen molar-refractivity contribution in [2.45, 2.75) is 19.9 Å². The molecule has 0 aliphatic carbocycles. The maximum absolute atomic E-state index is 12.5. The van der Waals surface area contributed by atoms with Crippen LogP contribution in [0.4, 0.5) is 5.69 Å². The van der Waals surface area contributed by atoms with Gasteiger partial charge < -0.3 is 5.32 Å². The Balaban J connectivity index is 1.91. The maximum atomic E-state index is 12.5. The highest BCUT2D eigenvalue weighted by Gasteiger charge is 2.38. The van der Waals surface area contributed by atoms with Crippen LogP contribution in [0.25, 0.3) is 11.0 Å². The Morgan fingerprint density at radius 1 is 1.07 bits per heavy atom. The fraction of sp³-hybridized carbons (Fsp3) is 0.158. The summed E-state index contributed by atoms with van der Waals surface area (Å²) in [6.07, 6.45) is 1.15. The third kappa shape index (κ3) is 3.64. The van der Waals surface area contributed by atoms with Crippen LogP contribution in [0.2, 0.25) is 0 Å². The van der Waals surface area contributed by atoms with Crippen LogP contribution < -0.4 is 5.32 Å². The number of para-hydroxylation sites is 2. The van der Waals surface area contributed by atoms with E-state index in [9.17, 15) is 19.7 Å². The zero-order chi connectivity index (χ0) is 19.6. The third-order valence-electron chi connectivity index (χ3n) is 4.28. The van der Waals surface area contributed by atoms with Crippen molar-refractivity contribution in [3.63, 3.8) is 0 Å². The van der Waals surface area contributed by atoms with Gasteiger partial charge in [-0.05, 0) is 43.2 Å². The van der Waals surface area contributed by atoms with Crippen molar-refractivity contribution in [2.75, 3.05) is 5.32 Å². The van der Waals surface area contributed by atoms with Gasteiger partial charge in [-0.3, -0.25) is 24.7 Å². The number of rotatable bonds is 5. The number of hydrogen-bond donors (Lipinski definition) is 1. The summed E-state index contributed by atoms with van der Waals surface area (Å²) in [4.78, 5) is 43.7. The van der Waals surface area contributed by atoms with Crippen LogP contribution in [0.3, 0.4) is 0 Å². The van der Waals surface area contributed by atoms with Crippen LogP contribution in [-0.2, 0) is 9.59 Å². The van der Waals surface area contributed by atoms with Gasteiger partial charge in [-0.1, -0.05) is 24.3 Å². The van der Waals surface area contributed by atoms with Gasteiger partial charge >= 0.3 is 6.04 Å². The molecule has 0 fully saturated rings. The lowest BCUT2D eigenvalue weighted by Gasteiger charge is -2.11. The number of carbonyl (C=O) groups is 2. The molecule has 1 N–H and O–H groups in total. The molecule has 2 aromatic carbocycles. The molecule has 1 atom stereocenters. The van der Waals surface area contributed by atoms with Gasteiger partial charge in [0.2, 0.25) is 0 Å². The van der Waals surface area contributed by atoms with E-state index < -0.39 is 22.7 Å². The summed E-state index contributed by atoms with van der Waals surface area (Å²) in [5.74, 6) is -2.27. The molecule has 1 aromatic heterocycles. The highest BCUT2D eigenvalue weighted by molar-refractivity contribution is 6.42. The van der Waals surface area contributed by atoms with Crippen LogP contribution in [0.15, 0.2) is 48.7 Å². The molecular weight excluding hydrogens is 348 g/mol. The van der Waals surface area contributed by atoms with E-state index in [0.717, 1.165) is 17.3 Å². The molecule has 1 heterocycles. The Labute approximate surface area is 154 Å². The van der Waals surface area contributed by atoms with Crippen molar-refractivity contribution in [1.82, 2.24) is 9.97 Å². The minimum Gasteiger partial charge on any atom is -0.319 e. The molecule has 0 saturated carbocycles. The number of hydrogen-bond acceptors (Lipinski definition) is 6. The zero-order valence-electron chi connectivity index (χ0n) is 14.7. The Morgan fingerprint density at radius 3 is 2.48 bits per heavy atom. The van der Waals surface area contributed by atoms with Crippen molar-refractivity contribution in [1.29, 1.82) is 0 Å². The number of Topliss-reactive ketones (excluding diaryl/α,β-unsaturated/α-hetero) is 1. The molecule has 0 spiro atoms. The van der Waals surface area contributed by atoms with E-state index >= 15 is 0 Å². The number of aryl methyl sites for hydroxylation is 1. The van der Waals surface area contributed by atoms with Gasteiger partial charge in [0, 0.05) is 10.6 Å². The van der Waals surface area contributed by atoms with Gasteiger partial charge in [-0.15, -0.1) is 0 Å². The van der Waals surface area contributed by atoms with E-state index in [1.165, 1.54) is 0 Å². The molecule has 3 aromatic rings. The average molecular weight is 364 g/mol. The highest BCUT2D eigenvalue weighted by Crippen LogP contribution is 2.21. The van der Waals surface area contributed by atoms with E-state index in [-0.39, 0.29) is 5.69 Å². The van der Waals surface area contributed by atoms with Gasteiger partial charge in [0.25, 0.3) is 11.7 Å². The first-order valence-electron chi connectivity index (χ1n) is 8.15. The van der Waals surface area contributed by atoms with Crippen LogP contribution in [0.5, 0.6) is 0 Å². The van der Waals surface area contributed by atoms with Crippen LogP contribution >= 0.6 is 0 Å². The molecule has 136 valence electrons. The summed E-state index contributed by atoms with van der Waals surface area (Å²) in [6.45, 7) is 3.65. The molecule has 8 nitrogen and oxygen atoms in total. The number of aromatic nitrogens is 2. The molecular formula is C19H16N4O4. The maximum Gasteiger partial charge on any atom is 0.322 e. The number of nitrogens with zero attached hydrogens (tertiary/aromatic N) is 3. The van der Waals surface area contributed by atoms with Crippen molar-refractivity contribution >= 4 is 28.4 Å². The average Bonchev–Trinajstić information content (AvgIpc) is 2.65. The first kappa shape index (κ1) is 18.1. The molecule has 8 heteroatoms. The van der Waals surface area contributed by atoms with Gasteiger partial charge in [0.05, 0.1) is 17.2 Å². The lowest BCUT2D eigenvalue weighted by atomic mass is 10.1. The molecule has 3 rings (SSSR count). The van der Waals surface area contributed by atoms with Crippen LogP contribution in [0.1, 0.15) is 22.9 Å². The van der Waals surface area contributed by atoms with Gasteiger partial charge in [-0.25, -0.2) is 4.98 Å². The third-order valence-corrected chi connectivity index (χ3v) is 4.28. The second-order valence-corrected chi connectivity index (χ2v) is 6.04. The smallest absolute Gasteiger partial charge is 0.319 e. The predicted molar refractivity (Wildman–Crippen MR) is 98.8 cm³/mol. The minimum absolute atomic E-state index is 0.181. The SMILES string of the molecule is Cc1cccc(NC(=O)C(=O)[C@@H](c2cnc3ccccc3n2)[N+](=O)[O-])c1C. The second kappa shape index (κ2) is 7.28. The van der Waals surface area contributed by atoms with Gasteiger partial charge in [0.1, 0.15) is 5.69 Å². The fourth-order valence-electron chi connectivity index (χ4n) is 2.64. The van der Waals surface area contributed by atoms with Crippen molar-refractivity contribution in [3.8, 4) is 0 Å². The lowest BCUT2D eigenvalue weighted by Crippen LogP contribution is -2.33. The summed E-state index contributed by atoms with van der Waals surface area (Å²) in [5.41, 5.74) is 2.90. The summed E-state index contributed by atoms with van der Waals surface area (Å²) < 4.78 is 0. The Bertz CT molecular complexity index is 1060. The number of carbonyl (C=O) groups excluding carboxylic acids is 2. The lowest BCUT2D eigenvalue weighted by molar-refractivity contribution is -0.513. The molecule has 0 saturated heterocycles. The quantitative estimate of drug-likeness (QED) is 0.423. The standard InChI is InChI=1S/C19H16N4O4/c1-11-6-5-9-13(12(11)2)22-19(25)18(24)17(23(26)27)16-10-20-14-7-3-4-8-15(14)21-16/h3-10,17H,1-2H3,(H,22,25)/t17-/m1/s1. The first-order valence-corrected chi connectivity index (χ1v) is 8.15. The fourth-order valence-corrected chi connectivity index (χ4v) is 2.64. The molecule has 1 amide bonds. The largest absolute Gasteiger partial charge is 0.322 e. The summed E-state index contributed by atoms with van der Waals surface area (Å²) in [7, 11) is 0. The number of anilines is 1. The molecule has 27 heavy (non-hydrogen) atoms. The minimum atomic E-state index is -1.92. The van der Waals surface area contributed by atoms with E-state index in [0.29, 0.717) is 16.7 Å². The second-order valence-electron chi connectivity index (χ2n) is 6.04. The number of nitrogens with one attached hydrogen (secondary N) is 1. The topological polar surface area (TPSA) is 115 Å². The molecule has 0 radical (unpaired) electrons. The zero-order valence-corrected chi connectivity index (χ0v) is 14.7. The molecule has 0 aliphatic rings. The predicted octanol–water partition coefficient (Wildman–Crippen LogP) is 2.77. The molecule has 0 unspecified atom stereocenters. The van der Waals surface area contributed by atoms with Crippen LogP contribution in [-0.4, -0.2) is 26.6 Å². The molecule has 0 aliphatic heterocycles. The highest BCUT2D eigenvalue weighted by atomic mass is 16.6. The normalized spacial score (nSPS) is 11.8. The van der Waals surface area contributed by atoms with Crippen molar-refractivity contribution < 1.29 is 14.5 Å². The van der Waals surface area contributed by atoms with Crippen molar-refractivity contribution in [2.24, 2.45) is 0 Å². The van der Waals surface area contributed by atoms with E-state index in [2.05, 4.69) is 15.3 Å². The Morgan fingerprint density at radius 2 is 1.78 bits per heavy atom. The number of ketones is 1. The summed E-state index contributed by atoms with van der Waals surface area (Å²) in [5, 5.41) is 13.9. The number of benzene rings is 2. The summed E-state index contributed by atoms with van der Waals surface area (Å²) in [6, 6.07) is 10.1. The number of amides is 1. The van der Waals surface area contributed by atoms with Gasteiger partial charge in [-0.2, -0.15) is 0 Å². The van der Waals surface area contributed by atoms with E-state index in [1.807, 2.05) is 13.0 Å². The number of nitro groups is 1. The summed E-state index contributed by atoms with van der Waals surface area (Å²) >= 11 is 0.